The first-order valence-corrected chi connectivity index (χ1v) is 8.72. The van der Waals surface area contributed by atoms with Crippen molar-refractivity contribution in [1.29, 1.82) is 0 Å². The number of aryl methyl sites for hydroxylation is 1. The second-order valence-electron chi connectivity index (χ2n) is 5.18. The minimum absolute atomic E-state index is 0.838. The highest BCUT2D eigenvalue weighted by molar-refractivity contribution is 7.98. The summed E-state index contributed by atoms with van der Waals surface area (Å²) in [4.78, 5) is 4.45. The molecule has 3 heteroatoms. The Labute approximate surface area is 135 Å². The smallest absolute Gasteiger partial charge is 0.121 e. The Balaban J connectivity index is 1.99. The summed E-state index contributed by atoms with van der Waals surface area (Å²) in [7, 11) is 1.68. The van der Waals surface area contributed by atoms with E-state index in [1.165, 1.54) is 16.7 Å². The zero-order valence-corrected chi connectivity index (χ0v) is 13.7. The molecule has 2 nitrogen and oxygen atoms in total. The summed E-state index contributed by atoms with van der Waals surface area (Å²) in [6, 6.07) is 17.0. The van der Waals surface area contributed by atoms with Gasteiger partial charge in [0.05, 0.1) is 12.6 Å². The Hall–Kier alpha value is -2.00. The number of ether oxygens (including phenoxy) is 1. The lowest BCUT2D eigenvalue weighted by Crippen LogP contribution is -1.89. The number of pyridine rings is 1. The van der Waals surface area contributed by atoms with Gasteiger partial charge < -0.3 is 4.74 Å². The molecular weight excluding hydrogens is 290 g/mol. The van der Waals surface area contributed by atoms with Crippen LogP contribution in [-0.2, 0) is 6.42 Å². The monoisotopic (exact) mass is 309 g/mol. The molecule has 0 aliphatic rings. The lowest BCUT2D eigenvalue weighted by Gasteiger charge is -2.09. The zero-order valence-electron chi connectivity index (χ0n) is 12.9. The normalized spacial score (nSPS) is 10.8. The molecule has 2 aromatic carbocycles. The van der Waals surface area contributed by atoms with Crippen molar-refractivity contribution in [2.75, 3.05) is 19.1 Å². The van der Waals surface area contributed by atoms with Crippen LogP contribution in [-0.4, -0.2) is 24.1 Å². The van der Waals surface area contributed by atoms with Crippen molar-refractivity contribution < 1.29 is 4.74 Å². The molecule has 0 aliphatic carbocycles. The Morgan fingerprint density at radius 3 is 2.59 bits per heavy atom. The van der Waals surface area contributed by atoms with Gasteiger partial charge in [0.15, 0.2) is 0 Å². The molecule has 0 bridgehead atoms. The Bertz CT molecular complexity index is 768. The van der Waals surface area contributed by atoms with Crippen LogP contribution in [0.4, 0.5) is 0 Å². The molecule has 0 radical (unpaired) electrons. The second-order valence-corrected chi connectivity index (χ2v) is 6.17. The van der Waals surface area contributed by atoms with E-state index in [1.54, 1.807) is 7.11 Å². The lowest BCUT2D eigenvalue weighted by atomic mass is 9.99. The van der Waals surface area contributed by atoms with Crippen molar-refractivity contribution in [3.05, 3.63) is 60.3 Å². The number of fused-ring (bicyclic) bond motifs is 1. The van der Waals surface area contributed by atoms with Gasteiger partial charge in [0, 0.05) is 17.6 Å². The SMILES string of the molecule is COc1ccc2c(-c3ccc(CCSC)cc3)ccnc2c1. The molecule has 1 heterocycles. The molecule has 112 valence electrons. The summed E-state index contributed by atoms with van der Waals surface area (Å²) >= 11 is 1.88. The van der Waals surface area contributed by atoms with Crippen molar-refractivity contribution in [1.82, 2.24) is 4.98 Å². The summed E-state index contributed by atoms with van der Waals surface area (Å²) in [5, 5.41) is 1.15. The third-order valence-corrected chi connectivity index (χ3v) is 4.42. The van der Waals surface area contributed by atoms with Gasteiger partial charge in [0.25, 0.3) is 0 Å². The summed E-state index contributed by atoms with van der Waals surface area (Å²) in [5.41, 5.74) is 4.79. The molecule has 0 saturated heterocycles. The van der Waals surface area contributed by atoms with E-state index in [0.29, 0.717) is 0 Å². The predicted octanol–water partition coefficient (Wildman–Crippen LogP) is 4.82. The summed E-state index contributed by atoms with van der Waals surface area (Å²) in [6.45, 7) is 0. The quantitative estimate of drug-likeness (QED) is 0.675. The molecule has 22 heavy (non-hydrogen) atoms. The first-order chi connectivity index (χ1) is 10.8. The van der Waals surface area contributed by atoms with Crippen LogP contribution in [0.1, 0.15) is 5.56 Å². The standard InChI is InChI=1S/C19H19NOS/c1-21-16-7-8-18-17(9-11-20-19(18)13-16)15-5-3-14(4-6-15)10-12-22-2/h3-9,11,13H,10,12H2,1-2H3. The number of benzene rings is 2. The molecule has 0 N–H and O–H groups in total. The molecule has 0 saturated carbocycles. The lowest BCUT2D eigenvalue weighted by molar-refractivity contribution is 0.415. The number of rotatable bonds is 5. The molecule has 0 amide bonds. The number of thioether (sulfide) groups is 1. The number of methoxy groups -OCH3 is 1. The van der Waals surface area contributed by atoms with Crippen molar-refractivity contribution in [3.63, 3.8) is 0 Å². The highest BCUT2D eigenvalue weighted by Crippen LogP contribution is 2.29. The Morgan fingerprint density at radius 1 is 1.05 bits per heavy atom. The minimum Gasteiger partial charge on any atom is -0.497 e. The van der Waals surface area contributed by atoms with Crippen LogP contribution in [0.5, 0.6) is 5.75 Å². The average molecular weight is 309 g/mol. The molecule has 0 atom stereocenters. The highest BCUT2D eigenvalue weighted by Gasteiger charge is 2.06. The van der Waals surface area contributed by atoms with E-state index in [9.17, 15) is 0 Å². The van der Waals surface area contributed by atoms with E-state index in [1.807, 2.05) is 30.1 Å². The van der Waals surface area contributed by atoms with E-state index in [2.05, 4.69) is 47.6 Å². The summed E-state index contributed by atoms with van der Waals surface area (Å²) in [5.74, 6) is 2.00. The number of hydrogen-bond donors (Lipinski definition) is 0. The fourth-order valence-corrected chi connectivity index (χ4v) is 3.02. The summed E-state index contributed by atoms with van der Waals surface area (Å²) in [6.07, 6.45) is 5.13. The van der Waals surface area contributed by atoms with Gasteiger partial charge >= 0.3 is 0 Å². The van der Waals surface area contributed by atoms with E-state index >= 15 is 0 Å². The maximum absolute atomic E-state index is 5.28. The fourth-order valence-electron chi connectivity index (χ4n) is 2.58. The second kappa shape index (κ2) is 6.84. The Kier molecular flexibility index (Phi) is 4.64. The third kappa shape index (κ3) is 3.09. The largest absolute Gasteiger partial charge is 0.497 e. The van der Waals surface area contributed by atoms with Gasteiger partial charge in [-0.05, 0) is 53.3 Å². The van der Waals surface area contributed by atoms with Gasteiger partial charge in [-0.15, -0.1) is 0 Å². The van der Waals surface area contributed by atoms with Crippen LogP contribution in [0.2, 0.25) is 0 Å². The first kappa shape index (κ1) is 14.9. The van der Waals surface area contributed by atoms with Crippen LogP contribution in [0.25, 0.3) is 22.0 Å². The third-order valence-electron chi connectivity index (χ3n) is 3.81. The van der Waals surface area contributed by atoms with Gasteiger partial charge in [-0.3, -0.25) is 4.98 Å². The molecule has 3 aromatic rings. The molecule has 1 aromatic heterocycles. The predicted molar refractivity (Wildman–Crippen MR) is 95.8 cm³/mol. The first-order valence-electron chi connectivity index (χ1n) is 7.33. The number of nitrogens with zero attached hydrogens (tertiary/aromatic N) is 1. The Morgan fingerprint density at radius 2 is 1.86 bits per heavy atom. The maximum Gasteiger partial charge on any atom is 0.121 e. The molecule has 0 spiro atoms. The number of aromatic nitrogens is 1. The van der Waals surface area contributed by atoms with E-state index in [4.69, 9.17) is 4.74 Å². The summed E-state index contributed by atoms with van der Waals surface area (Å²) < 4.78 is 5.28. The van der Waals surface area contributed by atoms with Crippen LogP contribution < -0.4 is 4.74 Å². The van der Waals surface area contributed by atoms with Crippen molar-refractivity contribution >= 4 is 22.7 Å². The van der Waals surface area contributed by atoms with Crippen molar-refractivity contribution in [2.24, 2.45) is 0 Å². The van der Waals surface area contributed by atoms with Crippen molar-refractivity contribution in [2.45, 2.75) is 6.42 Å². The van der Waals surface area contributed by atoms with E-state index in [-0.39, 0.29) is 0 Å². The number of hydrogen-bond acceptors (Lipinski definition) is 3. The van der Waals surface area contributed by atoms with E-state index < -0.39 is 0 Å². The molecule has 0 fully saturated rings. The van der Waals surface area contributed by atoms with Crippen LogP contribution in [0.3, 0.4) is 0 Å². The van der Waals surface area contributed by atoms with Crippen LogP contribution in [0, 0.1) is 0 Å². The topological polar surface area (TPSA) is 22.1 Å². The van der Waals surface area contributed by atoms with E-state index in [0.717, 1.165) is 28.8 Å². The van der Waals surface area contributed by atoms with Gasteiger partial charge in [-0.1, -0.05) is 24.3 Å². The van der Waals surface area contributed by atoms with Gasteiger partial charge in [0.1, 0.15) is 5.75 Å². The van der Waals surface area contributed by atoms with Crippen molar-refractivity contribution in [3.8, 4) is 16.9 Å². The molecule has 3 rings (SSSR count). The van der Waals surface area contributed by atoms with Crippen LogP contribution in [0.15, 0.2) is 54.7 Å². The van der Waals surface area contributed by atoms with Gasteiger partial charge in [-0.25, -0.2) is 0 Å². The average Bonchev–Trinajstić information content (AvgIpc) is 2.59. The molecule has 0 aliphatic heterocycles. The fraction of sp³-hybridized carbons (Fsp3) is 0.211. The van der Waals surface area contributed by atoms with Crippen LogP contribution >= 0.6 is 11.8 Å². The zero-order chi connectivity index (χ0) is 15.4. The van der Waals surface area contributed by atoms with Gasteiger partial charge in [0.2, 0.25) is 0 Å². The molecular formula is C19H19NOS. The minimum atomic E-state index is 0.838. The molecule has 0 unspecified atom stereocenters. The highest BCUT2D eigenvalue weighted by atomic mass is 32.2. The maximum atomic E-state index is 5.28. The van der Waals surface area contributed by atoms with Gasteiger partial charge in [-0.2, -0.15) is 11.8 Å².